The predicted molar refractivity (Wildman–Crippen MR) is 60.4 cm³/mol. The Kier molecular flexibility index (Phi) is 3.84. The molecule has 0 radical (unpaired) electrons. The van der Waals surface area contributed by atoms with Crippen LogP contribution in [0.25, 0.3) is 0 Å². The van der Waals surface area contributed by atoms with Crippen molar-refractivity contribution in [2.75, 3.05) is 0 Å². The minimum Gasteiger partial charge on any atom is -0.317 e. The highest BCUT2D eigenvalue weighted by Crippen LogP contribution is 2.20. The largest absolute Gasteiger partial charge is 0.317 e. The van der Waals surface area contributed by atoms with Crippen molar-refractivity contribution >= 4 is 21.8 Å². The summed E-state index contributed by atoms with van der Waals surface area (Å²) in [5.74, 6) is -0.599. The maximum atomic E-state index is 11.2. The average Bonchev–Trinajstić information content (AvgIpc) is 2.20. The van der Waals surface area contributed by atoms with Gasteiger partial charge in [0, 0.05) is 10.9 Å². The molecular weight excluding hydrogens is 260 g/mol. The fourth-order valence-corrected chi connectivity index (χ4v) is 1.67. The monoisotopic (exact) mass is 272 g/mol. The number of nitrogens with two attached hydrogens (primary N) is 1. The molecule has 0 fully saturated rings. The van der Waals surface area contributed by atoms with Crippen LogP contribution in [0.15, 0.2) is 28.7 Å². The maximum absolute atomic E-state index is 11.2. The molecule has 0 saturated carbocycles. The van der Waals surface area contributed by atoms with Crippen LogP contribution in [-0.4, -0.2) is 16.7 Å². The van der Waals surface area contributed by atoms with Crippen molar-refractivity contribution in [1.29, 1.82) is 0 Å². The van der Waals surface area contributed by atoms with E-state index in [1.54, 1.807) is 12.4 Å². The quantitative estimate of drug-likeness (QED) is 0.572. The van der Waals surface area contributed by atoms with Crippen molar-refractivity contribution in [1.82, 2.24) is 5.48 Å². The number of carbonyl (C=O) groups excluding carboxylic acids is 1. The van der Waals surface area contributed by atoms with Crippen molar-refractivity contribution < 1.29 is 10.0 Å². The molecule has 1 aromatic carbocycles. The summed E-state index contributed by atoms with van der Waals surface area (Å²) in [6.07, 6.45) is 0.348. The van der Waals surface area contributed by atoms with Crippen LogP contribution in [0.2, 0.25) is 0 Å². The Hall–Kier alpha value is -0.910. The van der Waals surface area contributed by atoms with E-state index in [2.05, 4.69) is 15.9 Å². The maximum Gasteiger partial charge on any atom is 0.263 e. The highest BCUT2D eigenvalue weighted by atomic mass is 79.9. The summed E-state index contributed by atoms with van der Waals surface area (Å²) in [4.78, 5) is 11.2. The Labute approximate surface area is 96.6 Å². The zero-order chi connectivity index (χ0) is 11.5. The fourth-order valence-electron chi connectivity index (χ4n) is 1.25. The number of hydroxylamine groups is 1. The number of amides is 1. The topological polar surface area (TPSA) is 75.4 Å². The predicted octanol–water partition coefficient (Wildman–Crippen LogP) is 1.21. The van der Waals surface area contributed by atoms with E-state index in [0.29, 0.717) is 6.42 Å². The van der Waals surface area contributed by atoms with Crippen molar-refractivity contribution in [3.8, 4) is 0 Å². The first-order valence-electron chi connectivity index (χ1n) is 4.44. The molecule has 0 aromatic heterocycles. The number of carbonyl (C=O) groups is 1. The normalized spacial score (nSPS) is 14.4. The minimum atomic E-state index is -1.13. The molecule has 0 aliphatic rings. The Bertz CT molecular complexity index is 366. The smallest absolute Gasteiger partial charge is 0.263 e. The van der Waals surface area contributed by atoms with Crippen LogP contribution in [0.5, 0.6) is 0 Å². The zero-order valence-corrected chi connectivity index (χ0v) is 9.91. The average molecular weight is 273 g/mol. The highest BCUT2D eigenvalue weighted by Gasteiger charge is 2.28. The summed E-state index contributed by atoms with van der Waals surface area (Å²) >= 11 is 3.37. The number of hydrogen-bond donors (Lipinski definition) is 3. The SMILES string of the molecule is C[C@@](N)(Cc1ccccc1Br)C(=O)NO. The van der Waals surface area contributed by atoms with Gasteiger partial charge in [-0.3, -0.25) is 10.0 Å². The number of benzene rings is 1. The summed E-state index contributed by atoms with van der Waals surface area (Å²) in [7, 11) is 0. The third-order valence-corrected chi connectivity index (χ3v) is 2.91. The number of hydrogen-bond acceptors (Lipinski definition) is 3. The first kappa shape index (κ1) is 12.2. The molecule has 1 atom stereocenters. The van der Waals surface area contributed by atoms with E-state index in [1.807, 2.05) is 24.3 Å². The van der Waals surface area contributed by atoms with Crippen molar-refractivity contribution in [3.05, 3.63) is 34.3 Å². The van der Waals surface area contributed by atoms with Gasteiger partial charge in [0.1, 0.15) is 0 Å². The molecular formula is C10H13BrN2O2. The molecule has 1 rings (SSSR count). The van der Waals surface area contributed by atoms with Gasteiger partial charge in [-0.2, -0.15) is 0 Å². The molecule has 0 aliphatic carbocycles. The Morgan fingerprint density at radius 2 is 2.20 bits per heavy atom. The van der Waals surface area contributed by atoms with E-state index in [4.69, 9.17) is 10.9 Å². The molecule has 0 unspecified atom stereocenters. The van der Waals surface area contributed by atoms with E-state index in [1.165, 1.54) is 0 Å². The molecule has 82 valence electrons. The standard InChI is InChI=1S/C10H13BrN2O2/c1-10(12,9(14)13-15)6-7-4-2-3-5-8(7)11/h2-5,15H,6,12H2,1H3,(H,13,14)/t10-/m1/s1. The van der Waals surface area contributed by atoms with Gasteiger partial charge in [0.25, 0.3) is 5.91 Å². The van der Waals surface area contributed by atoms with Crippen LogP contribution in [0.4, 0.5) is 0 Å². The second-order valence-electron chi connectivity index (χ2n) is 3.63. The molecule has 0 spiro atoms. The summed E-state index contributed by atoms with van der Waals surface area (Å²) < 4.78 is 0.896. The lowest BCUT2D eigenvalue weighted by Crippen LogP contribution is -2.52. The van der Waals surface area contributed by atoms with E-state index in [0.717, 1.165) is 10.0 Å². The lowest BCUT2D eigenvalue weighted by Gasteiger charge is -2.22. The van der Waals surface area contributed by atoms with Gasteiger partial charge < -0.3 is 5.73 Å². The molecule has 1 amide bonds. The van der Waals surface area contributed by atoms with E-state index in [9.17, 15) is 4.79 Å². The van der Waals surface area contributed by atoms with Crippen LogP contribution in [0.1, 0.15) is 12.5 Å². The Balaban J connectivity index is 2.86. The molecule has 4 nitrogen and oxygen atoms in total. The zero-order valence-electron chi connectivity index (χ0n) is 8.33. The van der Waals surface area contributed by atoms with Crippen molar-refractivity contribution in [3.63, 3.8) is 0 Å². The Morgan fingerprint density at radius 3 is 2.73 bits per heavy atom. The van der Waals surface area contributed by atoms with E-state index >= 15 is 0 Å². The van der Waals surface area contributed by atoms with Crippen molar-refractivity contribution in [2.45, 2.75) is 18.9 Å². The molecule has 5 heteroatoms. The lowest BCUT2D eigenvalue weighted by atomic mass is 9.93. The third-order valence-electron chi connectivity index (χ3n) is 2.14. The molecule has 1 aromatic rings. The molecule has 15 heavy (non-hydrogen) atoms. The summed E-state index contributed by atoms with van der Waals surface area (Å²) in [6, 6.07) is 7.50. The summed E-state index contributed by atoms with van der Waals surface area (Å²) in [5.41, 5.74) is 7.14. The fraction of sp³-hybridized carbons (Fsp3) is 0.300. The lowest BCUT2D eigenvalue weighted by molar-refractivity contribution is -0.134. The first-order valence-corrected chi connectivity index (χ1v) is 5.23. The summed E-state index contributed by atoms with van der Waals surface area (Å²) in [6.45, 7) is 1.57. The van der Waals surface area contributed by atoms with Crippen LogP contribution in [0, 0.1) is 0 Å². The van der Waals surface area contributed by atoms with Crippen LogP contribution >= 0.6 is 15.9 Å². The van der Waals surface area contributed by atoms with Gasteiger partial charge in [-0.05, 0) is 18.6 Å². The van der Waals surface area contributed by atoms with Gasteiger partial charge >= 0.3 is 0 Å². The van der Waals surface area contributed by atoms with Gasteiger partial charge in [0.2, 0.25) is 0 Å². The van der Waals surface area contributed by atoms with Gasteiger partial charge in [-0.1, -0.05) is 34.1 Å². The summed E-state index contributed by atoms with van der Waals surface area (Å²) in [5, 5.41) is 8.53. The number of nitrogens with one attached hydrogen (secondary N) is 1. The van der Waals surface area contributed by atoms with Gasteiger partial charge in [-0.25, -0.2) is 5.48 Å². The molecule has 0 saturated heterocycles. The number of rotatable bonds is 3. The van der Waals surface area contributed by atoms with Crippen LogP contribution in [-0.2, 0) is 11.2 Å². The van der Waals surface area contributed by atoms with Crippen LogP contribution < -0.4 is 11.2 Å². The molecule has 0 bridgehead atoms. The van der Waals surface area contributed by atoms with Gasteiger partial charge in [0.15, 0.2) is 0 Å². The second kappa shape index (κ2) is 4.74. The van der Waals surface area contributed by atoms with Gasteiger partial charge in [0.05, 0.1) is 5.54 Å². The highest BCUT2D eigenvalue weighted by molar-refractivity contribution is 9.10. The molecule has 4 N–H and O–H groups in total. The van der Waals surface area contributed by atoms with E-state index in [-0.39, 0.29) is 0 Å². The minimum absolute atomic E-state index is 0.348. The first-order chi connectivity index (χ1) is 6.97. The Morgan fingerprint density at radius 1 is 1.60 bits per heavy atom. The third kappa shape index (κ3) is 3.02. The van der Waals surface area contributed by atoms with E-state index < -0.39 is 11.4 Å². The molecule has 0 aliphatic heterocycles. The van der Waals surface area contributed by atoms with Crippen LogP contribution in [0.3, 0.4) is 0 Å². The van der Waals surface area contributed by atoms with Crippen molar-refractivity contribution in [2.24, 2.45) is 5.73 Å². The number of halogens is 1. The van der Waals surface area contributed by atoms with Gasteiger partial charge in [-0.15, -0.1) is 0 Å². The molecule has 0 heterocycles. The second-order valence-corrected chi connectivity index (χ2v) is 4.48.